The van der Waals surface area contributed by atoms with Gasteiger partial charge in [0.25, 0.3) is 0 Å². The van der Waals surface area contributed by atoms with Crippen LogP contribution in [0, 0.1) is 17.4 Å². The van der Waals surface area contributed by atoms with E-state index in [1.807, 2.05) is 7.05 Å². The number of aryl methyl sites for hydroxylation is 2. The lowest BCUT2D eigenvalue weighted by molar-refractivity contribution is 0.784. The lowest BCUT2D eigenvalue weighted by Crippen LogP contribution is -2.09. The Kier molecular flexibility index (Phi) is 5.19. The minimum atomic E-state index is 0.394. The van der Waals surface area contributed by atoms with E-state index in [9.17, 15) is 0 Å². The van der Waals surface area contributed by atoms with E-state index in [0.717, 1.165) is 27.3 Å². The fourth-order valence-corrected chi connectivity index (χ4v) is 3.63. The summed E-state index contributed by atoms with van der Waals surface area (Å²) >= 11 is 2.33. The zero-order valence-corrected chi connectivity index (χ0v) is 15.4. The van der Waals surface area contributed by atoms with Gasteiger partial charge in [0.2, 0.25) is 0 Å². The Morgan fingerprint density at radius 2 is 1.71 bits per heavy atom. The zero-order chi connectivity index (χ0) is 15.6. The molecule has 0 unspecified atom stereocenters. The van der Waals surface area contributed by atoms with Crippen LogP contribution in [0.2, 0.25) is 0 Å². The van der Waals surface area contributed by atoms with Crippen LogP contribution in [0.1, 0.15) is 48.0 Å². The molecule has 2 aromatic rings. The molecule has 0 saturated carbocycles. The van der Waals surface area contributed by atoms with Gasteiger partial charge in [-0.1, -0.05) is 43.2 Å². The second-order valence-corrected chi connectivity index (χ2v) is 6.84. The van der Waals surface area contributed by atoms with Crippen LogP contribution in [0.3, 0.4) is 0 Å². The second-order valence-electron chi connectivity index (χ2n) is 5.77. The second kappa shape index (κ2) is 6.73. The van der Waals surface area contributed by atoms with E-state index in [4.69, 9.17) is 4.98 Å². The van der Waals surface area contributed by atoms with Crippen LogP contribution >= 0.6 is 22.6 Å². The van der Waals surface area contributed by atoms with Crippen LogP contribution in [0.5, 0.6) is 0 Å². The first-order chi connectivity index (χ1) is 9.90. The van der Waals surface area contributed by atoms with Crippen LogP contribution in [0.15, 0.2) is 18.2 Å². The Bertz CT molecular complexity index is 630. The zero-order valence-electron chi connectivity index (χ0n) is 13.3. The molecule has 4 heteroatoms. The van der Waals surface area contributed by atoms with Crippen molar-refractivity contribution in [1.82, 2.24) is 9.97 Å². The molecular formula is C17H22IN3. The molecular weight excluding hydrogens is 373 g/mol. The summed E-state index contributed by atoms with van der Waals surface area (Å²) < 4.78 is 1.12. The van der Waals surface area contributed by atoms with Gasteiger partial charge in [0.1, 0.15) is 11.6 Å². The summed E-state index contributed by atoms with van der Waals surface area (Å²) in [6.45, 7) is 8.60. The number of halogens is 1. The minimum absolute atomic E-state index is 0.394. The van der Waals surface area contributed by atoms with Crippen molar-refractivity contribution in [3.05, 3.63) is 50.0 Å². The molecule has 0 atom stereocenters. The van der Waals surface area contributed by atoms with Crippen molar-refractivity contribution in [3.63, 3.8) is 0 Å². The third-order valence-electron chi connectivity index (χ3n) is 3.35. The predicted octanol–water partition coefficient (Wildman–Crippen LogP) is 4.45. The topological polar surface area (TPSA) is 37.8 Å². The fourth-order valence-electron chi connectivity index (χ4n) is 2.49. The normalized spacial score (nSPS) is 11.0. The molecule has 1 aromatic heterocycles. The molecule has 0 amide bonds. The molecule has 21 heavy (non-hydrogen) atoms. The highest BCUT2D eigenvalue weighted by Gasteiger charge is 2.14. The maximum Gasteiger partial charge on any atom is 0.143 e. The first-order valence-corrected chi connectivity index (χ1v) is 8.29. The van der Waals surface area contributed by atoms with Crippen molar-refractivity contribution in [3.8, 4) is 0 Å². The average Bonchev–Trinajstić information content (AvgIpc) is 2.39. The molecule has 0 aliphatic rings. The van der Waals surface area contributed by atoms with Crippen molar-refractivity contribution in [2.45, 2.75) is 40.0 Å². The van der Waals surface area contributed by atoms with Gasteiger partial charge in [-0.15, -0.1) is 0 Å². The molecule has 0 aliphatic heterocycles. The maximum atomic E-state index is 4.78. The van der Waals surface area contributed by atoms with E-state index >= 15 is 0 Å². The SMILES string of the molecule is CNc1nc(Cc2cc(C)cc(C)c2)nc(C(C)C)c1I. The number of benzene rings is 1. The molecule has 3 nitrogen and oxygen atoms in total. The van der Waals surface area contributed by atoms with Crippen LogP contribution < -0.4 is 5.32 Å². The fraction of sp³-hybridized carbons (Fsp3) is 0.412. The Labute approximate surface area is 140 Å². The van der Waals surface area contributed by atoms with Crippen molar-refractivity contribution >= 4 is 28.4 Å². The molecule has 1 N–H and O–H groups in total. The monoisotopic (exact) mass is 395 g/mol. The van der Waals surface area contributed by atoms with Gasteiger partial charge in [-0.2, -0.15) is 0 Å². The van der Waals surface area contributed by atoms with Gasteiger partial charge < -0.3 is 5.32 Å². The summed E-state index contributed by atoms with van der Waals surface area (Å²) in [4.78, 5) is 9.44. The average molecular weight is 395 g/mol. The standard InChI is InChI=1S/C17H22IN3/c1-10(2)16-15(18)17(19-5)21-14(20-16)9-13-7-11(3)6-12(4)8-13/h6-8,10H,9H2,1-5H3,(H,19,20,21). The first kappa shape index (κ1) is 16.2. The van der Waals surface area contributed by atoms with Crippen LogP contribution in [-0.4, -0.2) is 17.0 Å². The summed E-state index contributed by atoms with van der Waals surface area (Å²) in [7, 11) is 1.91. The summed E-state index contributed by atoms with van der Waals surface area (Å²) in [6, 6.07) is 6.61. The number of nitrogens with one attached hydrogen (secondary N) is 1. The van der Waals surface area contributed by atoms with E-state index in [1.54, 1.807) is 0 Å². The number of rotatable bonds is 4. The highest BCUT2D eigenvalue weighted by molar-refractivity contribution is 14.1. The van der Waals surface area contributed by atoms with Gasteiger partial charge in [0, 0.05) is 13.5 Å². The van der Waals surface area contributed by atoms with E-state index in [-0.39, 0.29) is 0 Å². The number of nitrogens with zero attached hydrogens (tertiary/aromatic N) is 2. The molecule has 0 spiro atoms. The molecule has 0 radical (unpaired) electrons. The number of hydrogen-bond acceptors (Lipinski definition) is 3. The quantitative estimate of drug-likeness (QED) is 0.778. The molecule has 0 aliphatic carbocycles. The van der Waals surface area contributed by atoms with Crippen molar-refractivity contribution < 1.29 is 0 Å². The van der Waals surface area contributed by atoms with E-state index < -0.39 is 0 Å². The Morgan fingerprint density at radius 3 is 2.24 bits per heavy atom. The molecule has 112 valence electrons. The summed E-state index contributed by atoms with van der Waals surface area (Å²) in [5.74, 6) is 2.20. The summed E-state index contributed by atoms with van der Waals surface area (Å²) in [5, 5.41) is 3.18. The third-order valence-corrected chi connectivity index (χ3v) is 4.41. The van der Waals surface area contributed by atoms with Gasteiger partial charge in [-0.3, -0.25) is 0 Å². The first-order valence-electron chi connectivity index (χ1n) is 7.22. The van der Waals surface area contributed by atoms with Crippen molar-refractivity contribution in [1.29, 1.82) is 0 Å². The van der Waals surface area contributed by atoms with Gasteiger partial charge in [0.15, 0.2) is 0 Å². The van der Waals surface area contributed by atoms with Gasteiger partial charge >= 0.3 is 0 Å². The Hall–Kier alpha value is -1.17. The summed E-state index contributed by atoms with van der Waals surface area (Å²) in [6.07, 6.45) is 0.772. The van der Waals surface area contributed by atoms with Crippen LogP contribution in [0.25, 0.3) is 0 Å². The smallest absolute Gasteiger partial charge is 0.143 e. The largest absolute Gasteiger partial charge is 0.372 e. The lowest BCUT2D eigenvalue weighted by atomic mass is 10.0. The molecule has 0 bridgehead atoms. The molecule has 1 heterocycles. The highest BCUT2D eigenvalue weighted by atomic mass is 127. The van der Waals surface area contributed by atoms with Crippen molar-refractivity contribution in [2.75, 3.05) is 12.4 Å². The highest BCUT2D eigenvalue weighted by Crippen LogP contribution is 2.25. The molecule has 1 aromatic carbocycles. The molecule has 0 fully saturated rings. The van der Waals surface area contributed by atoms with Gasteiger partial charge in [0.05, 0.1) is 9.26 Å². The van der Waals surface area contributed by atoms with E-state index in [2.05, 4.69) is 78.8 Å². The van der Waals surface area contributed by atoms with Gasteiger partial charge in [-0.25, -0.2) is 9.97 Å². The van der Waals surface area contributed by atoms with E-state index in [0.29, 0.717) is 5.92 Å². The van der Waals surface area contributed by atoms with Gasteiger partial charge in [-0.05, 0) is 47.9 Å². The van der Waals surface area contributed by atoms with E-state index in [1.165, 1.54) is 16.7 Å². The number of hydrogen-bond donors (Lipinski definition) is 1. The number of anilines is 1. The molecule has 2 rings (SSSR count). The third kappa shape index (κ3) is 3.93. The maximum absolute atomic E-state index is 4.78. The van der Waals surface area contributed by atoms with Crippen LogP contribution in [0.4, 0.5) is 5.82 Å². The Balaban J connectivity index is 2.42. The predicted molar refractivity (Wildman–Crippen MR) is 97.1 cm³/mol. The molecule has 0 saturated heterocycles. The number of aromatic nitrogens is 2. The Morgan fingerprint density at radius 1 is 1.10 bits per heavy atom. The summed E-state index contributed by atoms with van der Waals surface area (Å²) in [5.41, 5.74) is 4.96. The van der Waals surface area contributed by atoms with Crippen molar-refractivity contribution in [2.24, 2.45) is 0 Å². The minimum Gasteiger partial charge on any atom is -0.372 e. The lowest BCUT2D eigenvalue weighted by Gasteiger charge is -2.14. The van der Waals surface area contributed by atoms with Crippen LogP contribution in [-0.2, 0) is 6.42 Å².